The SMILES string of the molecule is CC(F)(c1ccc(F)cc1)C1CCNC1. The van der Waals surface area contributed by atoms with Gasteiger partial charge >= 0.3 is 0 Å². The van der Waals surface area contributed by atoms with Gasteiger partial charge in [-0.25, -0.2) is 8.78 Å². The van der Waals surface area contributed by atoms with Crippen LogP contribution in [0.15, 0.2) is 24.3 Å². The fourth-order valence-electron chi connectivity index (χ4n) is 2.13. The molecule has 15 heavy (non-hydrogen) atoms. The van der Waals surface area contributed by atoms with Crippen molar-refractivity contribution in [2.24, 2.45) is 5.92 Å². The van der Waals surface area contributed by atoms with Gasteiger partial charge < -0.3 is 5.32 Å². The van der Waals surface area contributed by atoms with Crippen molar-refractivity contribution in [1.29, 1.82) is 0 Å². The Morgan fingerprint density at radius 1 is 1.33 bits per heavy atom. The molecule has 2 atom stereocenters. The van der Waals surface area contributed by atoms with Crippen LogP contribution in [0.3, 0.4) is 0 Å². The standard InChI is InChI=1S/C12H15F2N/c1-12(14,10-6-7-15-8-10)9-2-4-11(13)5-3-9/h2-5,10,15H,6-8H2,1H3. The fraction of sp³-hybridized carbons (Fsp3) is 0.500. The second kappa shape index (κ2) is 3.89. The molecule has 1 N–H and O–H groups in total. The van der Waals surface area contributed by atoms with Crippen LogP contribution in [-0.4, -0.2) is 13.1 Å². The van der Waals surface area contributed by atoms with E-state index in [4.69, 9.17) is 0 Å². The lowest BCUT2D eigenvalue weighted by Crippen LogP contribution is -2.28. The lowest BCUT2D eigenvalue weighted by molar-refractivity contribution is 0.112. The third kappa shape index (κ3) is 2.02. The molecule has 2 unspecified atom stereocenters. The maximum absolute atomic E-state index is 14.5. The van der Waals surface area contributed by atoms with Crippen LogP contribution in [0.4, 0.5) is 8.78 Å². The quantitative estimate of drug-likeness (QED) is 0.793. The van der Waals surface area contributed by atoms with E-state index in [0.717, 1.165) is 13.0 Å². The summed E-state index contributed by atoms with van der Waals surface area (Å²) in [6, 6.07) is 5.70. The Morgan fingerprint density at radius 3 is 2.53 bits per heavy atom. The maximum Gasteiger partial charge on any atom is 0.137 e. The summed E-state index contributed by atoms with van der Waals surface area (Å²) in [4.78, 5) is 0. The highest BCUT2D eigenvalue weighted by molar-refractivity contribution is 5.23. The summed E-state index contributed by atoms with van der Waals surface area (Å²) in [6.07, 6.45) is 0.838. The minimum Gasteiger partial charge on any atom is -0.316 e. The largest absolute Gasteiger partial charge is 0.316 e. The van der Waals surface area contributed by atoms with Crippen molar-refractivity contribution in [1.82, 2.24) is 5.32 Å². The van der Waals surface area contributed by atoms with E-state index in [1.54, 1.807) is 6.92 Å². The van der Waals surface area contributed by atoms with Crippen LogP contribution in [0.1, 0.15) is 18.9 Å². The average Bonchev–Trinajstić information content (AvgIpc) is 2.71. The average molecular weight is 211 g/mol. The van der Waals surface area contributed by atoms with Gasteiger partial charge in [-0.2, -0.15) is 0 Å². The van der Waals surface area contributed by atoms with E-state index < -0.39 is 5.67 Å². The van der Waals surface area contributed by atoms with Gasteiger partial charge in [0, 0.05) is 12.5 Å². The van der Waals surface area contributed by atoms with Gasteiger partial charge in [-0.05, 0) is 37.6 Å². The van der Waals surface area contributed by atoms with Gasteiger partial charge in [0.25, 0.3) is 0 Å². The van der Waals surface area contributed by atoms with Gasteiger partial charge in [0.15, 0.2) is 0 Å². The smallest absolute Gasteiger partial charge is 0.137 e. The summed E-state index contributed by atoms with van der Waals surface area (Å²) < 4.78 is 27.2. The zero-order valence-corrected chi connectivity index (χ0v) is 8.76. The number of hydrogen-bond donors (Lipinski definition) is 1. The van der Waals surface area contributed by atoms with E-state index >= 15 is 0 Å². The Hall–Kier alpha value is -0.960. The van der Waals surface area contributed by atoms with Gasteiger partial charge in [0.05, 0.1) is 0 Å². The molecular formula is C12H15F2N. The molecule has 1 heterocycles. The van der Waals surface area contributed by atoms with E-state index in [0.29, 0.717) is 12.1 Å². The third-order valence-corrected chi connectivity index (χ3v) is 3.24. The molecule has 0 aromatic heterocycles. The minimum atomic E-state index is -1.36. The van der Waals surface area contributed by atoms with Crippen LogP contribution in [-0.2, 0) is 5.67 Å². The number of benzene rings is 1. The molecule has 1 aromatic carbocycles. The Morgan fingerprint density at radius 2 is 2.00 bits per heavy atom. The first-order chi connectivity index (χ1) is 7.10. The van der Waals surface area contributed by atoms with Gasteiger partial charge in [0.2, 0.25) is 0 Å². The molecule has 1 aliphatic heterocycles. The number of halogens is 2. The molecular weight excluding hydrogens is 196 g/mol. The summed E-state index contributed by atoms with van der Waals surface area (Å²) in [7, 11) is 0. The summed E-state index contributed by atoms with van der Waals surface area (Å²) in [5.41, 5.74) is -0.797. The zero-order valence-electron chi connectivity index (χ0n) is 8.76. The molecule has 2 rings (SSSR count). The first-order valence-electron chi connectivity index (χ1n) is 5.26. The Labute approximate surface area is 88.5 Å². The Kier molecular flexibility index (Phi) is 2.74. The lowest BCUT2D eigenvalue weighted by atomic mass is 9.84. The second-order valence-electron chi connectivity index (χ2n) is 4.27. The van der Waals surface area contributed by atoms with Gasteiger partial charge in [-0.1, -0.05) is 12.1 Å². The molecule has 82 valence electrons. The van der Waals surface area contributed by atoms with Crippen molar-refractivity contribution in [3.63, 3.8) is 0 Å². The highest BCUT2D eigenvalue weighted by Crippen LogP contribution is 2.36. The highest BCUT2D eigenvalue weighted by atomic mass is 19.1. The first-order valence-corrected chi connectivity index (χ1v) is 5.26. The zero-order chi connectivity index (χ0) is 10.9. The number of rotatable bonds is 2. The molecule has 3 heteroatoms. The molecule has 0 spiro atoms. The van der Waals surface area contributed by atoms with Gasteiger partial charge in [-0.3, -0.25) is 0 Å². The van der Waals surface area contributed by atoms with Crippen molar-refractivity contribution in [2.45, 2.75) is 19.0 Å². The molecule has 0 amide bonds. The van der Waals surface area contributed by atoms with E-state index in [1.165, 1.54) is 24.3 Å². The molecule has 0 radical (unpaired) electrons. The molecule has 1 saturated heterocycles. The molecule has 1 aromatic rings. The van der Waals surface area contributed by atoms with Crippen LogP contribution in [0.25, 0.3) is 0 Å². The number of nitrogens with one attached hydrogen (secondary N) is 1. The summed E-state index contributed by atoms with van der Waals surface area (Å²) >= 11 is 0. The van der Waals surface area contributed by atoms with E-state index in [-0.39, 0.29) is 11.7 Å². The molecule has 1 nitrogen and oxygen atoms in total. The van der Waals surface area contributed by atoms with Crippen molar-refractivity contribution in [3.8, 4) is 0 Å². The normalized spacial score (nSPS) is 25.1. The summed E-state index contributed by atoms with van der Waals surface area (Å²) in [5, 5.41) is 3.15. The van der Waals surface area contributed by atoms with Crippen LogP contribution >= 0.6 is 0 Å². The Balaban J connectivity index is 2.23. The molecule has 0 saturated carbocycles. The molecule has 0 aliphatic carbocycles. The van der Waals surface area contributed by atoms with Crippen molar-refractivity contribution in [2.75, 3.05) is 13.1 Å². The van der Waals surface area contributed by atoms with E-state index in [1.807, 2.05) is 0 Å². The van der Waals surface area contributed by atoms with Crippen LogP contribution in [0, 0.1) is 11.7 Å². The van der Waals surface area contributed by atoms with E-state index in [2.05, 4.69) is 5.32 Å². The minimum absolute atomic E-state index is 0.0111. The monoisotopic (exact) mass is 211 g/mol. The van der Waals surface area contributed by atoms with Crippen molar-refractivity contribution in [3.05, 3.63) is 35.6 Å². The summed E-state index contributed by atoms with van der Waals surface area (Å²) in [5.74, 6) is -0.331. The van der Waals surface area contributed by atoms with Crippen LogP contribution in [0.5, 0.6) is 0 Å². The number of alkyl halides is 1. The lowest BCUT2D eigenvalue weighted by Gasteiger charge is -2.27. The predicted octanol–water partition coefficient (Wildman–Crippen LogP) is 2.62. The molecule has 1 fully saturated rings. The van der Waals surface area contributed by atoms with Crippen molar-refractivity contribution < 1.29 is 8.78 Å². The van der Waals surface area contributed by atoms with Gasteiger partial charge in [-0.15, -0.1) is 0 Å². The first kappa shape index (κ1) is 10.6. The maximum atomic E-state index is 14.5. The Bertz CT molecular complexity index is 326. The third-order valence-electron chi connectivity index (χ3n) is 3.24. The predicted molar refractivity (Wildman–Crippen MR) is 55.8 cm³/mol. The highest BCUT2D eigenvalue weighted by Gasteiger charge is 2.37. The van der Waals surface area contributed by atoms with Gasteiger partial charge in [0.1, 0.15) is 11.5 Å². The fourth-order valence-corrected chi connectivity index (χ4v) is 2.13. The van der Waals surface area contributed by atoms with Crippen LogP contribution in [0.2, 0.25) is 0 Å². The van der Waals surface area contributed by atoms with Crippen LogP contribution < -0.4 is 5.32 Å². The van der Waals surface area contributed by atoms with E-state index in [9.17, 15) is 8.78 Å². The second-order valence-corrected chi connectivity index (χ2v) is 4.27. The topological polar surface area (TPSA) is 12.0 Å². The number of hydrogen-bond acceptors (Lipinski definition) is 1. The summed E-state index contributed by atoms with van der Waals surface area (Å²) in [6.45, 7) is 3.15. The molecule has 1 aliphatic rings. The molecule has 0 bridgehead atoms. The van der Waals surface area contributed by atoms with Crippen molar-refractivity contribution >= 4 is 0 Å².